The molecule has 4 aromatic rings. The number of rotatable bonds is 5. The molecule has 0 aliphatic carbocycles. The maximum atomic E-state index is 12.3. The van der Waals surface area contributed by atoms with Gasteiger partial charge in [-0.3, -0.25) is 14.9 Å². The Labute approximate surface area is 182 Å². The lowest BCUT2D eigenvalue weighted by Crippen LogP contribution is -2.11. The van der Waals surface area contributed by atoms with Gasteiger partial charge < -0.3 is 5.32 Å². The number of benzene rings is 3. The lowest BCUT2D eigenvalue weighted by Gasteiger charge is -2.06. The van der Waals surface area contributed by atoms with Gasteiger partial charge in [0.05, 0.1) is 5.69 Å². The van der Waals surface area contributed by atoms with Crippen LogP contribution in [0.4, 0.5) is 10.8 Å². The van der Waals surface area contributed by atoms with Crippen molar-refractivity contribution in [2.75, 3.05) is 10.6 Å². The van der Waals surface area contributed by atoms with E-state index in [1.165, 1.54) is 11.3 Å². The first-order chi connectivity index (χ1) is 14.6. The van der Waals surface area contributed by atoms with Gasteiger partial charge in [0, 0.05) is 32.8 Å². The molecule has 1 aromatic heterocycles. The molecular formula is C23H16ClN3O2S. The molecule has 2 amide bonds. The van der Waals surface area contributed by atoms with Crippen LogP contribution in [0.1, 0.15) is 20.7 Å². The molecule has 3 aromatic carbocycles. The van der Waals surface area contributed by atoms with Gasteiger partial charge in [-0.25, -0.2) is 4.98 Å². The Morgan fingerprint density at radius 1 is 0.767 bits per heavy atom. The number of carbonyl (C=O) groups excluding carboxylic acids is 2. The van der Waals surface area contributed by atoms with Crippen molar-refractivity contribution >= 4 is 45.6 Å². The van der Waals surface area contributed by atoms with Gasteiger partial charge in [0.25, 0.3) is 11.8 Å². The molecule has 0 fully saturated rings. The van der Waals surface area contributed by atoms with Gasteiger partial charge in [0.15, 0.2) is 5.13 Å². The van der Waals surface area contributed by atoms with Crippen LogP contribution in [-0.4, -0.2) is 16.8 Å². The molecule has 2 N–H and O–H groups in total. The molecule has 0 radical (unpaired) electrons. The highest BCUT2D eigenvalue weighted by Gasteiger charge is 2.10. The number of nitrogens with zero attached hydrogens (tertiary/aromatic N) is 1. The lowest BCUT2D eigenvalue weighted by atomic mass is 10.1. The molecule has 0 atom stereocenters. The molecule has 0 aliphatic rings. The predicted molar refractivity (Wildman–Crippen MR) is 121 cm³/mol. The molecule has 4 rings (SSSR count). The van der Waals surface area contributed by atoms with E-state index in [1.54, 1.807) is 36.4 Å². The fourth-order valence-corrected chi connectivity index (χ4v) is 3.59. The summed E-state index contributed by atoms with van der Waals surface area (Å²) in [4.78, 5) is 29.0. The minimum Gasteiger partial charge on any atom is -0.322 e. The number of hydrogen-bond donors (Lipinski definition) is 2. The zero-order valence-electron chi connectivity index (χ0n) is 15.6. The zero-order valence-corrected chi connectivity index (χ0v) is 17.2. The van der Waals surface area contributed by atoms with Gasteiger partial charge in [0.1, 0.15) is 0 Å². The van der Waals surface area contributed by atoms with E-state index in [-0.39, 0.29) is 11.8 Å². The van der Waals surface area contributed by atoms with E-state index < -0.39 is 0 Å². The summed E-state index contributed by atoms with van der Waals surface area (Å²) in [6, 6.07) is 23.1. The molecule has 0 aliphatic heterocycles. The SMILES string of the molecule is O=C(Nc1ccc(-c2csc(NC(=O)c3ccccc3)n2)cc1)c1ccc(Cl)cc1. The fourth-order valence-electron chi connectivity index (χ4n) is 2.75. The summed E-state index contributed by atoms with van der Waals surface area (Å²) in [6.07, 6.45) is 0. The predicted octanol–water partition coefficient (Wildman–Crippen LogP) is 5.97. The van der Waals surface area contributed by atoms with E-state index in [4.69, 9.17) is 11.6 Å². The zero-order chi connectivity index (χ0) is 20.9. The first kappa shape index (κ1) is 19.8. The van der Waals surface area contributed by atoms with Gasteiger partial charge in [-0.15, -0.1) is 11.3 Å². The number of nitrogens with one attached hydrogen (secondary N) is 2. The second-order valence-corrected chi connectivity index (χ2v) is 7.69. The second kappa shape index (κ2) is 8.90. The number of carbonyl (C=O) groups is 2. The number of anilines is 2. The van der Waals surface area contributed by atoms with Crippen LogP contribution >= 0.6 is 22.9 Å². The van der Waals surface area contributed by atoms with Crippen LogP contribution in [0.5, 0.6) is 0 Å². The van der Waals surface area contributed by atoms with Crippen molar-refractivity contribution in [1.29, 1.82) is 0 Å². The Morgan fingerprint density at radius 2 is 1.40 bits per heavy atom. The summed E-state index contributed by atoms with van der Waals surface area (Å²) in [7, 11) is 0. The van der Waals surface area contributed by atoms with Gasteiger partial charge in [-0.2, -0.15) is 0 Å². The largest absolute Gasteiger partial charge is 0.322 e. The van der Waals surface area contributed by atoms with E-state index >= 15 is 0 Å². The monoisotopic (exact) mass is 433 g/mol. The van der Waals surface area contributed by atoms with Crippen LogP contribution in [0.3, 0.4) is 0 Å². The average molecular weight is 434 g/mol. The standard InChI is InChI=1S/C23H16ClN3O2S/c24-18-10-6-17(7-11-18)21(28)25-19-12-8-15(9-13-19)20-14-30-23(26-20)27-22(29)16-4-2-1-3-5-16/h1-14H,(H,25,28)(H,26,27,29). The molecular weight excluding hydrogens is 418 g/mol. The van der Waals surface area contributed by atoms with Gasteiger partial charge in [0.2, 0.25) is 0 Å². The number of amides is 2. The molecule has 30 heavy (non-hydrogen) atoms. The van der Waals surface area contributed by atoms with Crippen LogP contribution in [0, 0.1) is 0 Å². The smallest absolute Gasteiger partial charge is 0.257 e. The average Bonchev–Trinajstić information content (AvgIpc) is 3.24. The van der Waals surface area contributed by atoms with E-state index in [1.807, 2.05) is 47.8 Å². The van der Waals surface area contributed by atoms with Crippen molar-refractivity contribution in [3.63, 3.8) is 0 Å². The quantitative estimate of drug-likeness (QED) is 0.407. The normalized spacial score (nSPS) is 10.4. The molecule has 148 valence electrons. The van der Waals surface area contributed by atoms with Crippen LogP contribution < -0.4 is 10.6 Å². The van der Waals surface area contributed by atoms with E-state index in [0.717, 1.165) is 11.3 Å². The van der Waals surface area contributed by atoms with Crippen molar-refractivity contribution in [1.82, 2.24) is 4.98 Å². The van der Waals surface area contributed by atoms with Crippen LogP contribution in [0.15, 0.2) is 84.2 Å². The summed E-state index contributed by atoms with van der Waals surface area (Å²) in [5.74, 6) is -0.407. The van der Waals surface area contributed by atoms with Crippen molar-refractivity contribution in [3.8, 4) is 11.3 Å². The topological polar surface area (TPSA) is 71.1 Å². The first-order valence-corrected chi connectivity index (χ1v) is 10.3. The molecule has 5 nitrogen and oxygen atoms in total. The summed E-state index contributed by atoms with van der Waals surface area (Å²) >= 11 is 7.21. The Bertz CT molecular complexity index is 1170. The van der Waals surface area contributed by atoms with Crippen molar-refractivity contribution in [2.24, 2.45) is 0 Å². The Kier molecular flexibility index (Phi) is 5.88. The maximum Gasteiger partial charge on any atom is 0.257 e. The molecule has 0 saturated carbocycles. The summed E-state index contributed by atoms with van der Waals surface area (Å²) in [5.41, 5.74) is 3.42. The third-order valence-corrected chi connectivity index (χ3v) is 5.32. The number of hydrogen-bond acceptors (Lipinski definition) is 4. The minimum atomic E-state index is -0.209. The number of thiazole rings is 1. The van der Waals surface area contributed by atoms with Crippen molar-refractivity contribution in [3.05, 3.63) is 100 Å². The number of aromatic nitrogens is 1. The highest BCUT2D eigenvalue weighted by atomic mass is 35.5. The highest BCUT2D eigenvalue weighted by molar-refractivity contribution is 7.14. The van der Waals surface area contributed by atoms with Crippen LogP contribution in [-0.2, 0) is 0 Å². The molecule has 0 saturated heterocycles. The van der Waals surface area contributed by atoms with Gasteiger partial charge in [-0.1, -0.05) is 41.9 Å². The molecule has 0 unspecified atom stereocenters. The molecule has 0 spiro atoms. The van der Waals surface area contributed by atoms with E-state index in [0.29, 0.717) is 27.0 Å². The second-order valence-electron chi connectivity index (χ2n) is 6.40. The fraction of sp³-hybridized carbons (Fsp3) is 0. The Morgan fingerprint density at radius 3 is 2.10 bits per heavy atom. The summed E-state index contributed by atoms with van der Waals surface area (Å²) in [5, 5.41) is 8.64. The first-order valence-electron chi connectivity index (χ1n) is 9.08. The molecule has 1 heterocycles. The maximum absolute atomic E-state index is 12.3. The molecule has 7 heteroatoms. The third-order valence-electron chi connectivity index (χ3n) is 4.31. The highest BCUT2D eigenvalue weighted by Crippen LogP contribution is 2.26. The van der Waals surface area contributed by atoms with Crippen molar-refractivity contribution in [2.45, 2.75) is 0 Å². The molecule has 0 bridgehead atoms. The number of halogens is 1. The van der Waals surface area contributed by atoms with Gasteiger partial charge >= 0.3 is 0 Å². The lowest BCUT2D eigenvalue weighted by molar-refractivity contribution is 0.101. The third kappa shape index (κ3) is 4.74. The summed E-state index contributed by atoms with van der Waals surface area (Å²) in [6.45, 7) is 0. The van der Waals surface area contributed by atoms with Crippen LogP contribution in [0.25, 0.3) is 11.3 Å². The minimum absolute atomic E-state index is 0.197. The summed E-state index contributed by atoms with van der Waals surface area (Å²) < 4.78 is 0. The van der Waals surface area contributed by atoms with E-state index in [2.05, 4.69) is 15.6 Å². The van der Waals surface area contributed by atoms with Gasteiger partial charge in [-0.05, 0) is 48.5 Å². The Balaban J connectivity index is 1.41. The van der Waals surface area contributed by atoms with Crippen LogP contribution in [0.2, 0.25) is 5.02 Å². The van der Waals surface area contributed by atoms with Crippen molar-refractivity contribution < 1.29 is 9.59 Å². The van der Waals surface area contributed by atoms with E-state index in [9.17, 15) is 9.59 Å². The Hall–Kier alpha value is -3.48.